The molecule has 0 fully saturated rings. The first-order valence-electron chi connectivity index (χ1n) is 7.89. The van der Waals surface area contributed by atoms with E-state index in [-0.39, 0.29) is 5.78 Å². The van der Waals surface area contributed by atoms with Crippen molar-refractivity contribution in [1.82, 2.24) is 0 Å². The molecule has 3 rings (SSSR count). The third-order valence-electron chi connectivity index (χ3n) is 4.19. The summed E-state index contributed by atoms with van der Waals surface area (Å²) in [5, 5.41) is 0. The van der Waals surface area contributed by atoms with Crippen molar-refractivity contribution in [2.75, 3.05) is 0 Å². The Bertz CT molecular complexity index is 667. The standard InChI is InChI=1S/C20H22O/c1-14(2)11-15-5-3-8-18(12-15)20(21)19-10-9-16-6-4-7-17(16)13-19/h3,5,8-10,12-14H,4,6-7,11H2,1-2H3. The summed E-state index contributed by atoms with van der Waals surface area (Å²) in [7, 11) is 0. The van der Waals surface area contributed by atoms with E-state index in [0.717, 1.165) is 30.4 Å². The van der Waals surface area contributed by atoms with E-state index in [1.165, 1.54) is 23.1 Å². The lowest BCUT2D eigenvalue weighted by Crippen LogP contribution is -2.04. The van der Waals surface area contributed by atoms with Crippen LogP contribution in [0.15, 0.2) is 42.5 Å². The first kappa shape index (κ1) is 14.1. The van der Waals surface area contributed by atoms with Crippen LogP contribution in [0.5, 0.6) is 0 Å². The van der Waals surface area contributed by atoms with Gasteiger partial charge < -0.3 is 0 Å². The summed E-state index contributed by atoms with van der Waals surface area (Å²) in [5.74, 6) is 0.755. The fraction of sp³-hybridized carbons (Fsp3) is 0.350. The average Bonchev–Trinajstić information content (AvgIpc) is 2.93. The van der Waals surface area contributed by atoms with Crippen LogP contribution in [-0.2, 0) is 19.3 Å². The van der Waals surface area contributed by atoms with Gasteiger partial charge in [0.2, 0.25) is 0 Å². The Morgan fingerprint density at radius 1 is 1.00 bits per heavy atom. The summed E-state index contributed by atoms with van der Waals surface area (Å²) in [6.45, 7) is 4.41. The van der Waals surface area contributed by atoms with Gasteiger partial charge in [0.1, 0.15) is 0 Å². The molecule has 1 aliphatic rings. The fourth-order valence-electron chi connectivity index (χ4n) is 3.19. The average molecular weight is 278 g/mol. The van der Waals surface area contributed by atoms with E-state index in [1.54, 1.807) is 0 Å². The number of hydrogen-bond donors (Lipinski definition) is 0. The highest BCUT2D eigenvalue weighted by Crippen LogP contribution is 2.24. The van der Waals surface area contributed by atoms with E-state index >= 15 is 0 Å². The highest BCUT2D eigenvalue weighted by Gasteiger charge is 2.15. The van der Waals surface area contributed by atoms with Crippen molar-refractivity contribution in [3.63, 3.8) is 0 Å². The van der Waals surface area contributed by atoms with Gasteiger partial charge in [0.05, 0.1) is 0 Å². The minimum atomic E-state index is 0.148. The highest BCUT2D eigenvalue weighted by atomic mass is 16.1. The molecule has 2 aromatic carbocycles. The van der Waals surface area contributed by atoms with Crippen LogP contribution in [0.25, 0.3) is 0 Å². The van der Waals surface area contributed by atoms with Crippen LogP contribution in [0.3, 0.4) is 0 Å². The molecule has 1 heteroatoms. The van der Waals surface area contributed by atoms with Crippen molar-refractivity contribution >= 4 is 5.78 Å². The van der Waals surface area contributed by atoms with Gasteiger partial charge in [-0.1, -0.05) is 44.2 Å². The summed E-state index contributed by atoms with van der Waals surface area (Å²) < 4.78 is 0. The molecule has 0 spiro atoms. The number of ketones is 1. The van der Waals surface area contributed by atoms with Gasteiger partial charge in [-0.05, 0) is 60.4 Å². The van der Waals surface area contributed by atoms with Gasteiger partial charge in [-0.25, -0.2) is 0 Å². The first-order chi connectivity index (χ1) is 10.1. The normalized spacial score (nSPS) is 13.5. The van der Waals surface area contributed by atoms with Crippen molar-refractivity contribution in [2.45, 2.75) is 39.5 Å². The number of carbonyl (C=O) groups excluding carboxylic acids is 1. The van der Waals surface area contributed by atoms with Crippen molar-refractivity contribution in [1.29, 1.82) is 0 Å². The Hall–Kier alpha value is -1.89. The molecule has 0 bridgehead atoms. The van der Waals surface area contributed by atoms with E-state index in [2.05, 4.69) is 38.1 Å². The van der Waals surface area contributed by atoms with Gasteiger partial charge in [-0.2, -0.15) is 0 Å². The van der Waals surface area contributed by atoms with Crippen molar-refractivity contribution in [3.8, 4) is 0 Å². The molecular formula is C20H22O. The Morgan fingerprint density at radius 3 is 2.57 bits per heavy atom. The molecule has 0 heterocycles. The number of hydrogen-bond acceptors (Lipinski definition) is 1. The minimum Gasteiger partial charge on any atom is -0.289 e. The molecule has 0 radical (unpaired) electrons. The minimum absolute atomic E-state index is 0.148. The first-order valence-corrected chi connectivity index (χ1v) is 7.89. The molecule has 0 unspecified atom stereocenters. The van der Waals surface area contributed by atoms with Gasteiger partial charge >= 0.3 is 0 Å². The summed E-state index contributed by atoms with van der Waals surface area (Å²) >= 11 is 0. The van der Waals surface area contributed by atoms with Crippen molar-refractivity contribution in [2.24, 2.45) is 5.92 Å². The molecule has 1 aliphatic carbocycles. The molecule has 2 aromatic rings. The maximum atomic E-state index is 12.7. The smallest absolute Gasteiger partial charge is 0.193 e. The molecule has 0 aromatic heterocycles. The number of rotatable bonds is 4. The van der Waals surface area contributed by atoms with Crippen LogP contribution in [0, 0.1) is 5.92 Å². The lowest BCUT2D eigenvalue weighted by molar-refractivity contribution is 0.103. The number of benzene rings is 2. The van der Waals surface area contributed by atoms with Crippen LogP contribution in [0.2, 0.25) is 0 Å². The van der Waals surface area contributed by atoms with Crippen molar-refractivity contribution in [3.05, 3.63) is 70.3 Å². The Morgan fingerprint density at radius 2 is 1.76 bits per heavy atom. The van der Waals surface area contributed by atoms with Crippen LogP contribution < -0.4 is 0 Å². The summed E-state index contributed by atoms with van der Waals surface area (Å²) in [6, 6.07) is 14.3. The highest BCUT2D eigenvalue weighted by molar-refractivity contribution is 6.09. The molecule has 0 amide bonds. The number of aryl methyl sites for hydroxylation is 2. The van der Waals surface area contributed by atoms with E-state index < -0.39 is 0 Å². The maximum absolute atomic E-state index is 12.7. The third kappa shape index (κ3) is 3.07. The summed E-state index contributed by atoms with van der Waals surface area (Å²) in [5.41, 5.74) is 5.67. The second-order valence-corrected chi connectivity index (χ2v) is 6.46. The van der Waals surface area contributed by atoms with Gasteiger partial charge in [0.25, 0.3) is 0 Å². The Labute approximate surface area is 127 Å². The predicted molar refractivity (Wildman–Crippen MR) is 86.9 cm³/mol. The zero-order chi connectivity index (χ0) is 14.8. The van der Waals surface area contributed by atoms with Crippen LogP contribution >= 0.6 is 0 Å². The van der Waals surface area contributed by atoms with E-state index in [0.29, 0.717) is 5.92 Å². The summed E-state index contributed by atoms with van der Waals surface area (Å²) in [6.07, 6.45) is 4.51. The third-order valence-corrected chi connectivity index (χ3v) is 4.19. The molecule has 1 nitrogen and oxygen atoms in total. The number of fused-ring (bicyclic) bond motifs is 1. The lowest BCUT2D eigenvalue weighted by atomic mass is 9.96. The largest absolute Gasteiger partial charge is 0.289 e. The predicted octanol–water partition coefficient (Wildman–Crippen LogP) is 4.60. The molecule has 108 valence electrons. The second-order valence-electron chi connectivity index (χ2n) is 6.46. The molecule has 0 saturated carbocycles. The zero-order valence-corrected chi connectivity index (χ0v) is 12.9. The van der Waals surface area contributed by atoms with Gasteiger partial charge in [0.15, 0.2) is 5.78 Å². The van der Waals surface area contributed by atoms with Crippen LogP contribution in [0.4, 0.5) is 0 Å². The Kier molecular flexibility index (Phi) is 3.92. The topological polar surface area (TPSA) is 17.1 Å². The molecule has 0 aliphatic heterocycles. The lowest BCUT2D eigenvalue weighted by Gasteiger charge is -2.08. The Balaban J connectivity index is 1.88. The van der Waals surface area contributed by atoms with E-state index in [4.69, 9.17) is 0 Å². The quantitative estimate of drug-likeness (QED) is 0.747. The van der Waals surface area contributed by atoms with E-state index in [9.17, 15) is 4.79 Å². The number of carbonyl (C=O) groups is 1. The monoisotopic (exact) mass is 278 g/mol. The molecule has 0 N–H and O–H groups in total. The molecule has 21 heavy (non-hydrogen) atoms. The van der Waals surface area contributed by atoms with Crippen LogP contribution in [0.1, 0.15) is 52.9 Å². The molecule has 0 atom stereocenters. The maximum Gasteiger partial charge on any atom is 0.193 e. The second kappa shape index (κ2) is 5.85. The fourth-order valence-corrected chi connectivity index (χ4v) is 3.19. The SMILES string of the molecule is CC(C)Cc1cccc(C(=O)c2ccc3c(c2)CCC3)c1. The van der Waals surface area contributed by atoms with Gasteiger partial charge in [0, 0.05) is 11.1 Å². The van der Waals surface area contributed by atoms with Crippen molar-refractivity contribution < 1.29 is 4.79 Å². The molecule has 0 saturated heterocycles. The van der Waals surface area contributed by atoms with E-state index in [1.807, 2.05) is 18.2 Å². The summed E-state index contributed by atoms with van der Waals surface area (Å²) in [4.78, 5) is 12.7. The van der Waals surface area contributed by atoms with Gasteiger partial charge in [-0.3, -0.25) is 4.79 Å². The zero-order valence-electron chi connectivity index (χ0n) is 12.9. The van der Waals surface area contributed by atoms with Gasteiger partial charge in [-0.15, -0.1) is 0 Å². The molecular weight excluding hydrogens is 256 g/mol. The van der Waals surface area contributed by atoms with Crippen LogP contribution in [-0.4, -0.2) is 5.78 Å².